The van der Waals surface area contributed by atoms with Gasteiger partial charge in [-0.15, -0.1) is 0 Å². The number of nitrogens with zero attached hydrogens (tertiary/aromatic N) is 1. The Morgan fingerprint density at radius 2 is 1.24 bits per heavy atom. The van der Waals surface area contributed by atoms with Crippen molar-refractivity contribution in [3.05, 3.63) is 96.2 Å². The highest BCUT2D eigenvalue weighted by Gasteiger charge is 2.40. The van der Waals surface area contributed by atoms with Crippen LogP contribution in [0.25, 0.3) is 10.9 Å². The van der Waals surface area contributed by atoms with E-state index in [1.54, 1.807) is 36.4 Å². The lowest BCUT2D eigenvalue weighted by Crippen LogP contribution is -2.33. The van der Waals surface area contributed by atoms with E-state index in [2.05, 4.69) is 4.98 Å². The molecule has 1 aromatic heterocycles. The topological polar surface area (TPSA) is 87.3 Å². The third-order valence-corrected chi connectivity index (χ3v) is 11.0. The summed E-state index contributed by atoms with van der Waals surface area (Å²) in [6, 6.07) is 23.2. The number of aromatic nitrogens is 1. The Labute approximate surface area is 201 Å². The molecule has 0 saturated carbocycles. The molecular formula is C26H28N2O4S2. The molecule has 4 aromatic rings. The number of hydrogen-bond acceptors (Lipinski definition) is 5. The second-order valence-corrected chi connectivity index (χ2v) is 13.1. The van der Waals surface area contributed by atoms with Crippen LogP contribution in [0, 0.1) is 0 Å². The van der Waals surface area contributed by atoms with Crippen LogP contribution in [0.15, 0.2) is 94.7 Å². The van der Waals surface area contributed by atoms with Gasteiger partial charge in [-0.3, -0.25) is 0 Å². The van der Waals surface area contributed by atoms with E-state index in [1.807, 2.05) is 43.3 Å². The van der Waals surface area contributed by atoms with Gasteiger partial charge in [0.25, 0.3) is 0 Å². The smallest absolute Gasteiger partial charge is 0.196 e. The molecule has 34 heavy (non-hydrogen) atoms. The molecule has 0 unspecified atom stereocenters. The third kappa shape index (κ3) is 4.80. The van der Waals surface area contributed by atoms with Crippen molar-refractivity contribution in [2.75, 3.05) is 20.6 Å². The molecular weight excluding hydrogens is 468 g/mol. The third-order valence-electron chi connectivity index (χ3n) is 5.92. The van der Waals surface area contributed by atoms with Gasteiger partial charge in [-0.1, -0.05) is 54.6 Å². The Bertz CT molecular complexity index is 1410. The second-order valence-electron chi connectivity index (χ2n) is 8.53. The van der Waals surface area contributed by atoms with Gasteiger partial charge in [-0.05, 0) is 50.0 Å². The minimum atomic E-state index is -4.21. The number of benzene rings is 3. The average Bonchev–Trinajstić information content (AvgIpc) is 3.19. The summed E-state index contributed by atoms with van der Waals surface area (Å²) in [5, 5.41) is 0.841. The average molecular weight is 497 g/mol. The molecule has 0 aliphatic rings. The number of para-hydroxylation sites is 1. The largest absolute Gasteiger partial charge is 0.358 e. The highest BCUT2D eigenvalue weighted by atomic mass is 32.3. The van der Waals surface area contributed by atoms with Gasteiger partial charge < -0.3 is 9.88 Å². The van der Waals surface area contributed by atoms with Crippen molar-refractivity contribution >= 4 is 30.6 Å². The van der Waals surface area contributed by atoms with Crippen molar-refractivity contribution in [3.63, 3.8) is 0 Å². The number of H-pyrrole nitrogens is 1. The molecule has 0 aliphatic heterocycles. The number of nitrogens with one attached hydrogen (secondary N) is 1. The molecule has 1 N–H and O–H groups in total. The first kappa shape index (κ1) is 24.2. The number of rotatable bonds is 9. The summed E-state index contributed by atoms with van der Waals surface area (Å²) in [4.78, 5) is 5.42. The summed E-state index contributed by atoms with van der Waals surface area (Å²) in [5.74, 6) is 0. The number of sulfone groups is 2. The van der Waals surface area contributed by atoms with E-state index in [-0.39, 0.29) is 16.2 Å². The van der Waals surface area contributed by atoms with Crippen molar-refractivity contribution < 1.29 is 16.8 Å². The standard InChI is InChI=1S/C26H28N2O4S2/c1-28(2)18-17-25-23(22-15-9-10-16-24(22)27-25)19-26(33(29,30)20-11-5-3-6-12-20)34(31,32)21-13-7-4-8-14-21/h3-16,26-27H,17-19H2,1-2H3. The zero-order chi connectivity index (χ0) is 24.3. The molecule has 0 radical (unpaired) electrons. The lowest BCUT2D eigenvalue weighted by Gasteiger charge is -2.20. The molecule has 0 atom stereocenters. The fourth-order valence-electron chi connectivity index (χ4n) is 4.11. The highest BCUT2D eigenvalue weighted by Crippen LogP contribution is 2.32. The molecule has 0 amide bonds. The first-order valence-electron chi connectivity index (χ1n) is 11.0. The Morgan fingerprint density at radius 1 is 0.735 bits per heavy atom. The predicted octanol–water partition coefficient (Wildman–Crippen LogP) is 4.09. The number of fused-ring (bicyclic) bond motifs is 1. The Balaban J connectivity index is 1.89. The van der Waals surface area contributed by atoms with Crippen molar-refractivity contribution in [2.45, 2.75) is 27.2 Å². The van der Waals surface area contributed by atoms with Gasteiger partial charge in [-0.2, -0.15) is 0 Å². The summed E-state index contributed by atoms with van der Waals surface area (Å²) in [6.07, 6.45) is 0.488. The van der Waals surface area contributed by atoms with Crippen LogP contribution in [-0.4, -0.2) is 51.9 Å². The van der Waals surface area contributed by atoms with E-state index in [4.69, 9.17) is 0 Å². The molecule has 1 heterocycles. The molecule has 0 saturated heterocycles. The van der Waals surface area contributed by atoms with E-state index < -0.39 is 24.3 Å². The van der Waals surface area contributed by atoms with Crippen LogP contribution in [0.1, 0.15) is 11.3 Å². The molecule has 4 rings (SSSR count). The molecule has 8 heteroatoms. The molecule has 178 valence electrons. The van der Waals surface area contributed by atoms with Crippen molar-refractivity contribution in [1.29, 1.82) is 0 Å². The summed E-state index contributed by atoms with van der Waals surface area (Å²) >= 11 is 0. The van der Waals surface area contributed by atoms with Crippen LogP contribution >= 0.6 is 0 Å². The van der Waals surface area contributed by atoms with Crippen LogP contribution in [0.4, 0.5) is 0 Å². The minimum Gasteiger partial charge on any atom is -0.358 e. The molecule has 0 bridgehead atoms. The van der Waals surface area contributed by atoms with E-state index in [1.165, 1.54) is 24.3 Å². The zero-order valence-electron chi connectivity index (χ0n) is 19.2. The van der Waals surface area contributed by atoms with Crippen LogP contribution in [-0.2, 0) is 32.5 Å². The zero-order valence-corrected chi connectivity index (χ0v) is 20.8. The molecule has 6 nitrogen and oxygen atoms in total. The normalized spacial score (nSPS) is 12.6. The molecule has 0 spiro atoms. The lowest BCUT2D eigenvalue weighted by atomic mass is 10.1. The predicted molar refractivity (Wildman–Crippen MR) is 135 cm³/mol. The quantitative estimate of drug-likeness (QED) is 0.377. The van der Waals surface area contributed by atoms with E-state index >= 15 is 0 Å². The second kappa shape index (κ2) is 9.74. The van der Waals surface area contributed by atoms with Crippen LogP contribution in [0.3, 0.4) is 0 Å². The van der Waals surface area contributed by atoms with Gasteiger partial charge in [0.05, 0.1) is 9.79 Å². The highest BCUT2D eigenvalue weighted by molar-refractivity contribution is 8.09. The van der Waals surface area contributed by atoms with Gasteiger partial charge >= 0.3 is 0 Å². The van der Waals surface area contributed by atoms with Crippen LogP contribution < -0.4 is 0 Å². The monoisotopic (exact) mass is 496 g/mol. The molecule has 0 fully saturated rings. The summed E-state index contributed by atoms with van der Waals surface area (Å²) < 4.78 is 53.5. The van der Waals surface area contributed by atoms with Gasteiger partial charge in [0.2, 0.25) is 0 Å². The summed E-state index contributed by atoms with van der Waals surface area (Å²) in [6.45, 7) is 0.737. The van der Waals surface area contributed by atoms with Crippen molar-refractivity contribution in [3.8, 4) is 0 Å². The first-order chi connectivity index (χ1) is 16.2. The Hall–Kier alpha value is -2.94. The fraction of sp³-hybridized carbons (Fsp3) is 0.231. The summed E-state index contributed by atoms with van der Waals surface area (Å²) in [5.41, 5.74) is 2.44. The Kier molecular flexibility index (Phi) is 6.93. The maximum absolute atomic E-state index is 13.8. The SMILES string of the molecule is CN(C)CCc1[nH]c2ccccc2c1CC(S(=O)(=O)c1ccccc1)S(=O)(=O)c1ccccc1. The van der Waals surface area contributed by atoms with E-state index in [0.29, 0.717) is 6.42 Å². The van der Waals surface area contributed by atoms with E-state index in [0.717, 1.165) is 28.7 Å². The number of aromatic amines is 1. The van der Waals surface area contributed by atoms with Crippen molar-refractivity contribution in [1.82, 2.24) is 9.88 Å². The number of likely N-dealkylation sites (N-methyl/N-ethyl adjacent to an activating group) is 1. The first-order valence-corrected chi connectivity index (χ1v) is 14.1. The van der Waals surface area contributed by atoms with Crippen LogP contribution in [0.2, 0.25) is 0 Å². The van der Waals surface area contributed by atoms with E-state index in [9.17, 15) is 16.8 Å². The lowest BCUT2D eigenvalue weighted by molar-refractivity contribution is 0.411. The number of hydrogen-bond donors (Lipinski definition) is 1. The fourth-order valence-corrected chi connectivity index (χ4v) is 8.57. The molecule has 0 aliphatic carbocycles. The summed E-state index contributed by atoms with van der Waals surface area (Å²) in [7, 11) is -4.50. The van der Waals surface area contributed by atoms with Gasteiger partial charge in [0, 0.05) is 36.0 Å². The maximum Gasteiger partial charge on any atom is 0.196 e. The van der Waals surface area contributed by atoms with Gasteiger partial charge in [0.15, 0.2) is 24.3 Å². The van der Waals surface area contributed by atoms with Crippen molar-refractivity contribution in [2.24, 2.45) is 0 Å². The van der Waals surface area contributed by atoms with Gasteiger partial charge in [-0.25, -0.2) is 16.8 Å². The molecule has 3 aromatic carbocycles. The maximum atomic E-state index is 13.8. The van der Waals surface area contributed by atoms with Gasteiger partial charge in [0.1, 0.15) is 0 Å². The van der Waals surface area contributed by atoms with Crippen LogP contribution in [0.5, 0.6) is 0 Å². The Morgan fingerprint density at radius 3 is 1.76 bits per heavy atom. The minimum absolute atomic E-state index is 0.00538.